The molecule has 2 aromatic rings. The molecule has 1 aromatic carbocycles. The second-order valence-corrected chi connectivity index (χ2v) is 9.32. The maximum absolute atomic E-state index is 5.85. The lowest BCUT2D eigenvalue weighted by Gasteiger charge is -2.30. The number of aryl methyl sites for hydroxylation is 1. The number of halogens is 1. The molecule has 0 radical (unpaired) electrons. The predicted molar refractivity (Wildman–Crippen MR) is 142 cm³/mol. The van der Waals surface area contributed by atoms with Crippen LogP contribution in [-0.4, -0.2) is 57.9 Å². The number of rotatable bonds is 7. The third-order valence-electron chi connectivity index (χ3n) is 6.43. The number of nitrogens with one attached hydrogen (secondary N) is 2. The van der Waals surface area contributed by atoms with Gasteiger partial charge in [-0.25, -0.2) is 4.99 Å². The molecule has 2 aliphatic heterocycles. The fourth-order valence-electron chi connectivity index (χ4n) is 4.60. The highest BCUT2D eigenvalue weighted by atomic mass is 127. The zero-order valence-electron chi connectivity index (χ0n) is 20.3. The lowest BCUT2D eigenvalue weighted by molar-refractivity contribution is 0.226. The Balaban J connectivity index is 0.00000306. The molecule has 2 atom stereocenters. The number of aliphatic imine (C=N–C) groups is 1. The summed E-state index contributed by atoms with van der Waals surface area (Å²) in [6.45, 7) is 11.0. The molecule has 9 heteroatoms. The van der Waals surface area contributed by atoms with E-state index in [9.17, 15) is 0 Å². The molecule has 1 fully saturated rings. The number of nitrogens with zero attached hydrogens (tertiary/aromatic N) is 5. The van der Waals surface area contributed by atoms with Crippen molar-refractivity contribution < 1.29 is 4.74 Å². The van der Waals surface area contributed by atoms with Crippen molar-refractivity contribution in [2.45, 2.75) is 58.7 Å². The summed E-state index contributed by atoms with van der Waals surface area (Å²) in [5, 5.41) is 15.7. The first kappa shape index (κ1) is 25.7. The van der Waals surface area contributed by atoms with Crippen LogP contribution >= 0.6 is 24.0 Å². The number of hydrogen-bond donors (Lipinski definition) is 2. The molecule has 182 valence electrons. The maximum atomic E-state index is 5.85. The van der Waals surface area contributed by atoms with Crippen molar-refractivity contribution in [3.63, 3.8) is 0 Å². The summed E-state index contributed by atoms with van der Waals surface area (Å²) in [6, 6.07) is 8.98. The van der Waals surface area contributed by atoms with Crippen LogP contribution in [0.15, 0.2) is 29.3 Å². The van der Waals surface area contributed by atoms with Gasteiger partial charge in [-0.3, -0.25) is 4.90 Å². The number of ether oxygens (including phenoxy) is 1. The Kier molecular flexibility index (Phi) is 9.37. The highest BCUT2D eigenvalue weighted by Crippen LogP contribution is 2.31. The molecule has 33 heavy (non-hydrogen) atoms. The van der Waals surface area contributed by atoms with E-state index < -0.39 is 0 Å². The third kappa shape index (κ3) is 6.59. The summed E-state index contributed by atoms with van der Waals surface area (Å²) in [7, 11) is 1.98. The Morgan fingerprint density at radius 1 is 1.24 bits per heavy atom. The van der Waals surface area contributed by atoms with Gasteiger partial charge in [0.1, 0.15) is 18.1 Å². The first-order chi connectivity index (χ1) is 15.5. The topological polar surface area (TPSA) is 79.6 Å². The Morgan fingerprint density at radius 2 is 2.06 bits per heavy atom. The van der Waals surface area contributed by atoms with Crippen molar-refractivity contribution in [3.8, 4) is 5.75 Å². The van der Waals surface area contributed by atoms with Gasteiger partial charge >= 0.3 is 0 Å². The van der Waals surface area contributed by atoms with E-state index in [1.165, 1.54) is 24.9 Å². The van der Waals surface area contributed by atoms with E-state index in [1.54, 1.807) is 0 Å². The number of benzene rings is 1. The fourth-order valence-corrected chi connectivity index (χ4v) is 4.60. The van der Waals surface area contributed by atoms with Gasteiger partial charge in [0.15, 0.2) is 11.8 Å². The molecule has 4 rings (SSSR count). The van der Waals surface area contributed by atoms with Crippen LogP contribution in [0.5, 0.6) is 5.75 Å². The number of aromatic nitrogens is 3. The van der Waals surface area contributed by atoms with E-state index in [2.05, 4.69) is 51.7 Å². The van der Waals surface area contributed by atoms with E-state index in [-0.39, 0.29) is 30.0 Å². The highest BCUT2D eigenvalue weighted by molar-refractivity contribution is 14.0. The molecular weight excluding hydrogens is 529 g/mol. The van der Waals surface area contributed by atoms with Crippen LogP contribution in [0, 0.1) is 12.8 Å². The van der Waals surface area contributed by atoms with Gasteiger partial charge < -0.3 is 19.9 Å². The lowest BCUT2D eigenvalue weighted by Crippen LogP contribution is -2.47. The average Bonchev–Trinajstić information content (AvgIpc) is 3.36. The van der Waals surface area contributed by atoms with Crippen LogP contribution in [0.2, 0.25) is 0 Å². The Labute approximate surface area is 214 Å². The van der Waals surface area contributed by atoms with E-state index in [0.717, 1.165) is 42.9 Å². The van der Waals surface area contributed by atoms with Crippen LogP contribution in [0.25, 0.3) is 0 Å². The first-order valence-corrected chi connectivity index (χ1v) is 11.9. The van der Waals surface area contributed by atoms with Gasteiger partial charge in [-0.1, -0.05) is 32.0 Å². The van der Waals surface area contributed by atoms with Gasteiger partial charge in [-0.2, -0.15) is 0 Å². The summed E-state index contributed by atoms with van der Waals surface area (Å²) < 4.78 is 7.84. The minimum atomic E-state index is 0. The van der Waals surface area contributed by atoms with E-state index in [0.29, 0.717) is 25.1 Å². The standard InChI is InChI=1S/C24H37N7O.HI/c1-17(2)16-31-12-7-8-19(31)14-25-24(26-15-23-29-28-18(3)30(23)4)27-21-11-13-32-22-10-6-5-9-20(21)22;/h5-6,9-10,17,19,21H,7-8,11-16H2,1-4H3,(H2,25,26,27);1H/t19-,21?;/m1./s1. The zero-order valence-corrected chi connectivity index (χ0v) is 22.6. The molecule has 1 aromatic heterocycles. The quantitative estimate of drug-likeness (QED) is 0.304. The third-order valence-corrected chi connectivity index (χ3v) is 6.43. The van der Waals surface area contributed by atoms with Gasteiger partial charge in [0, 0.05) is 38.2 Å². The molecule has 0 aliphatic carbocycles. The highest BCUT2D eigenvalue weighted by Gasteiger charge is 2.26. The Hall–Kier alpha value is -1.88. The summed E-state index contributed by atoms with van der Waals surface area (Å²) in [4.78, 5) is 7.51. The van der Waals surface area contributed by atoms with Crippen LogP contribution in [0.1, 0.15) is 56.4 Å². The van der Waals surface area contributed by atoms with Crippen molar-refractivity contribution in [1.82, 2.24) is 30.3 Å². The minimum Gasteiger partial charge on any atom is -0.493 e. The molecule has 1 saturated heterocycles. The second-order valence-electron chi connectivity index (χ2n) is 9.32. The van der Waals surface area contributed by atoms with Crippen LogP contribution < -0.4 is 15.4 Å². The van der Waals surface area contributed by atoms with Crippen LogP contribution in [-0.2, 0) is 13.6 Å². The lowest BCUT2D eigenvalue weighted by atomic mass is 10.0. The zero-order chi connectivity index (χ0) is 22.5. The Morgan fingerprint density at radius 3 is 2.82 bits per heavy atom. The molecule has 8 nitrogen and oxygen atoms in total. The normalized spacial score (nSPS) is 20.8. The van der Waals surface area contributed by atoms with Gasteiger partial charge in [0.25, 0.3) is 0 Å². The number of guanidine groups is 1. The number of para-hydroxylation sites is 1. The van der Waals surface area contributed by atoms with Crippen LogP contribution in [0.3, 0.4) is 0 Å². The van der Waals surface area contributed by atoms with E-state index in [1.807, 2.05) is 30.7 Å². The maximum Gasteiger partial charge on any atom is 0.192 e. The molecule has 2 N–H and O–H groups in total. The van der Waals surface area contributed by atoms with Crippen molar-refractivity contribution in [2.24, 2.45) is 18.0 Å². The monoisotopic (exact) mass is 567 g/mol. The fraction of sp³-hybridized carbons (Fsp3) is 0.625. The summed E-state index contributed by atoms with van der Waals surface area (Å²) >= 11 is 0. The van der Waals surface area contributed by atoms with E-state index >= 15 is 0 Å². The summed E-state index contributed by atoms with van der Waals surface area (Å²) in [6.07, 6.45) is 3.41. The second kappa shape index (κ2) is 12.0. The molecule has 0 spiro atoms. The van der Waals surface area contributed by atoms with Gasteiger partial charge in [-0.15, -0.1) is 34.2 Å². The number of fused-ring (bicyclic) bond motifs is 1. The number of likely N-dealkylation sites (tertiary alicyclic amines) is 1. The summed E-state index contributed by atoms with van der Waals surface area (Å²) in [5.74, 6) is 4.21. The molecule has 3 heterocycles. The molecule has 0 amide bonds. The minimum absolute atomic E-state index is 0. The van der Waals surface area contributed by atoms with Crippen molar-refractivity contribution in [1.29, 1.82) is 0 Å². The van der Waals surface area contributed by atoms with Gasteiger partial charge in [-0.05, 0) is 38.3 Å². The Bertz CT molecular complexity index is 929. The molecule has 1 unspecified atom stereocenters. The first-order valence-electron chi connectivity index (χ1n) is 11.9. The predicted octanol–water partition coefficient (Wildman–Crippen LogP) is 3.42. The average molecular weight is 568 g/mol. The van der Waals surface area contributed by atoms with Gasteiger partial charge in [0.05, 0.1) is 12.6 Å². The smallest absolute Gasteiger partial charge is 0.192 e. The SMILES string of the molecule is Cc1nnc(CN=C(NC[C@H]2CCCN2CC(C)C)NC2CCOc3ccccc32)n1C.I. The van der Waals surface area contributed by atoms with Crippen molar-refractivity contribution >= 4 is 29.9 Å². The molecule has 0 bridgehead atoms. The van der Waals surface area contributed by atoms with Gasteiger partial charge in [0.2, 0.25) is 0 Å². The molecular formula is C24H38IN7O. The largest absolute Gasteiger partial charge is 0.493 e. The molecule has 2 aliphatic rings. The van der Waals surface area contributed by atoms with E-state index in [4.69, 9.17) is 9.73 Å². The number of hydrogen-bond acceptors (Lipinski definition) is 5. The van der Waals surface area contributed by atoms with Crippen molar-refractivity contribution in [3.05, 3.63) is 41.5 Å². The molecule has 0 saturated carbocycles. The van der Waals surface area contributed by atoms with Crippen molar-refractivity contribution in [2.75, 3.05) is 26.2 Å². The van der Waals surface area contributed by atoms with Crippen LogP contribution in [0.4, 0.5) is 0 Å². The summed E-state index contributed by atoms with van der Waals surface area (Å²) in [5.41, 5.74) is 1.19.